The smallest absolute Gasteiger partial charge is 0.125 e. The summed E-state index contributed by atoms with van der Waals surface area (Å²) in [4.78, 5) is 4.71. The van der Waals surface area contributed by atoms with Gasteiger partial charge in [0.15, 0.2) is 0 Å². The van der Waals surface area contributed by atoms with Gasteiger partial charge in [0.05, 0.1) is 19.4 Å². The average molecular weight is 452 g/mol. The predicted octanol–water partition coefficient (Wildman–Crippen LogP) is 6.50. The molecule has 178 valence electrons. The van der Waals surface area contributed by atoms with Crippen molar-refractivity contribution in [2.45, 2.75) is 46.5 Å². The minimum Gasteiger partial charge on any atom is -0.493 e. The molecule has 0 spiro atoms. The van der Waals surface area contributed by atoms with Gasteiger partial charge in [-0.05, 0) is 111 Å². The third-order valence-electron chi connectivity index (χ3n) is 6.12. The van der Waals surface area contributed by atoms with E-state index >= 15 is 0 Å². The first-order valence-electron chi connectivity index (χ1n) is 11.9. The van der Waals surface area contributed by atoms with Gasteiger partial charge in [0, 0.05) is 0 Å². The first-order chi connectivity index (χ1) is 16.1. The van der Waals surface area contributed by atoms with Gasteiger partial charge >= 0.3 is 0 Å². The van der Waals surface area contributed by atoms with Crippen molar-refractivity contribution in [3.63, 3.8) is 0 Å². The van der Waals surface area contributed by atoms with E-state index in [1.54, 1.807) is 6.21 Å². The quantitative estimate of drug-likeness (QED) is 0.222. The highest BCUT2D eigenvalue weighted by Crippen LogP contribution is 2.33. The van der Waals surface area contributed by atoms with Crippen molar-refractivity contribution in [2.75, 3.05) is 26.9 Å². The molecule has 0 amide bonds. The van der Waals surface area contributed by atoms with Gasteiger partial charge < -0.3 is 19.0 Å². The topological polar surface area (TPSA) is 49.3 Å². The second-order valence-electron chi connectivity index (χ2n) is 8.76. The van der Waals surface area contributed by atoms with Crippen molar-refractivity contribution in [2.24, 2.45) is 17.0 Å². The van der Waals surface area contributed by atoms with Crippen LogP contribution >= 0.6 is 0 Å². The van der Waals surface area contributed by atoms with Crippen LogP contribution in [0.15, 0.2) is 53.7 Å². The van der Waals surface area contributed by atoms with Crippen LogP contribution in [0, 0.1) is 25.7 Å². The third kappa shape index (κ3) is 7.85. The van der Waals surface area contributed by atoms with Gasteiger partial charge in [0.2, 0.25) is 0 Å². The Hall–Kier alpha value is -2.95. The zero-order valence-corrected chi connectivity index (χ0v) is 20.4. The van der Waals surface area contributed by atoms with E-state index in [1.165, 1.54) is 32.8 Å². The van der Waals surface area contributed by atoms with E-state index in [9.17, 15) is 0 Å². The fourth-order valence-electron chi connectivity index (χ4n) is 4.21. The Bertz CT molecular complexity index is 889. The van der Waals surface area contributed by atoms with Crippen LogP contribution in [0.3, 0.4) is 0 Å². The number of nitrogens with zero attached hydrogens (tertiary/aromatic N) is 1. The molecule has 0 bridgehead atoms. The number of aryl methyl sites for hydroxylation is 2. The number of hydrogen-bond donors (Lipinski definition) is 0. The van der Waals surface area contributed by atoms with Crippen molar-refractivity contribution in [3.8, 4) is 17.2 Å². The van der Waals surface area contributed by atoms with E-state index in [0.29, 0.717) is 18.4 Å². The number of rotatable bonds is 11. The SMILES string of the molecule is C/C=C/COc1cc(C)c(OCC2CCC(COc3ccc(/C=N\OC)cc3)CC2)c(C)c1. The molecule has 0 radical (unpaired) electrons. The summed E-state index contributed by atoms with van der Waals surface area (Å²) in [6.45, 7) is 8.32. The maximum atomic E-state index is 6.27. The second-order valence-corrected chi connectivity index (χ2v) is 8.76. The molecule has 1 fully saturated rings. The van der Waals surface area contributed by atoms with Crippen molar-refractivity contribution in [3.05, 3.63) is 65.2 Å². The summed E-state index contributed by atoms with van der Waals surface area (Å²) in [6, 6.07) is 12.1. The number of allylic oxidation sites excluding steroid dienone is 1. The molecule has 3 rings (SSSR count). The number of hydrogen-bond acceptors (Lipinski definition) is 5. The lowest BCUT2D eigenvalue weighted by atomic mass is 9.83. The van der Waals surface area contributed by atoms with Crippen molar-refractivity contribution in [1.82, 2.24) is 0 Å². The predicted molar refractivity (Wildman–Crippen MR) is 134 cm³/mol. The summed E-state index contributed by atoms with van der Waals surface area (Å²) in [5, 5.41) is 3.78. The van der Waals surface area contributed by atoms with E-state index in [-0.39, 0.29) is 0 Å². The molecular weight excluding hydrogens is 414 g/mol. The Morgan fingerprint density at radius 1 is 0.848 bits per heavy atom. The summed E-state index contributed by atoms with van der Waals surface area (Å²) in [6.07, 6.45) is 10.4. The van der Waals surface area contributed by atoms with Gasteiger partial charge in [-0.2, -0.15) is 0 Å². The molecule has 0 atom stereocenters. The van der Waals surface area contributed by atoms with Crippen LogP contribution in [0.5, 0.6) is 17.2 Å². The molecule has 1 aliphatic carbocycles. The lowest BCUT2D eigenvalue weighted by Crippen LogP contribution is -2.23. The standard InChI is InChI=1S/C28H37NO4/c1-5-6-15-31-27-16-21(2)28(22(3)17-27)33-20-25-9-7-24(8-10-25)19-32-26-13-11-23(12-14-26)18-29-30-4/h5-6,11-14,16-18,24-25H,7-10,15,19-20H2,1-4H3/b6-5+,29-18-. The lowest BCUT2D eigenvalue weighted by Gasteiger charge is -2.28. The van der Waals surface area contributed by atoms with Gasteiger partial charge in [0.1, 0.15) is 31.0 Å². The molecule has 0 heterocycles. The molecule has 5 heteroatoms. The van der Waals surface area contributed by atoms with Crippen LogP contribution in [0.1, 0.15) is 49.3 Å². The van der Waals surface area contributed by atoms with Crippen molar-refractivity contribution in [1.29, 1.82) is 0 Å². The highest BCUT2D eigenvalue weighted by Gasteiger charge is 2.22. The number of benzene rings is 2. The van der Waals surface area contributed by atoms with E-state index < -0.39 is 0 Å². The zero-order chi connectivity index (χ0) is 23.5. The fraction of sp³-hybridized carbons (Fsp3) is 0.464. The van der Waals surface area contributed by atoms with Gasteiger partial charge in [-0.3, -0.25) is 0 Å². The Kier molecular flexibility index (Phi) is 9.67. The number of ether oxygens (including phenoxy) is 3. The fourth-order valence-corrected chi connectivity index (χ4v) is 4.21. The monoisotopic (exact) mass is 451 g/mol. The normalized spacial score (nSPS) is 18.5. The Balaban J connectivity index is 1.40. The van der Waals surface area contributed by atoms with E-state index in [2.05, 4.69) is 31.1 Å². The van der Waals surface area contributed by atoms with Crippen LogP contribution < -0.4 is 14.2 Å². The Morgan fingerprint density at radius 3 is 2.03 bits per heavy atom. The zero-order valence-electron chi connectivity index (χ0n) is 20.4. The molecule has 1 saturated carbocycles. The minimum atomic E-state index is 0.594. The van der Waals surface area contributed by atoms with Crippen molar-refractivity contribution < 1.29 is 19.0 Å². The molecule has 1 aliphatic rings. The maximum absolute atomic E-state index is 6.27. The molecule has 0 saturated heterocycles. The van der Waals surface area contributed by atoms with Crippen LogP contribution in [-0.4, -0.2) is 33.1 Å². The number of oxime groups is 1. The maximum Gasteiger partial charge on any atom is 0.125 e. The van der Waals surface area contributed by atoms with Gasteiger partial charge in [0.25, 0.3) is 0 Å². The lowest BCUT2D eigenvalue weighted by molar-refractivity contribution is 0.147. The summed E-state index contributed by atoms with van der Waals surface area (Å²) in [5.74, 6) is 4.00. The molecule has 2 aromatic carbocycles. The van der Waals surface area contributed by atoms with Crippen LogP contribution in [0.4, 0.5) is 0 Å². The van der Waals surface area contributed by atoms with Crippen LogP contribution in [-0.2, 0) is 4.84 Å². The first kappa shape index (κ1) is 24.7. The van der Waals surface area contributed by atoms with Crippen molar-refractivity contribution >= 4 is 6.21 Å². The molecule has 33 heavy (non-hydrogen) atoms. The summed E-state index contributed by atoms with van der Waals surface area (Å²) in [5.41, 5.74) is 3.25. The van der Waals surface area contributed by atoms with Crippen LogP contribution in [0.25, 0.3) is 0 Å². The van der Waals surface area contributed by atoms with Gasteiger partial charge in [-0.1, -0.05) is 17.3 Å². The second kappa shape index (κ2) is 12.9. The molecule has 0 aromatic heterocycles. The highest BCUT2D eigenvalue weighted by atomic mass is 16.6. The van der Waals surface area contributed by atoms with E-state index in [1.807, 2.05) is 43.3 Å². The van der Waals surface area contributed by atoms with E-state index in [0.717, 1.165) is 47.2 Å². The average Bonchev–Trinajstić information content (AvgIpc) is 2.82. The molecular formula is C28H37NO4. The minimum absolute atomic E-state index is 0.594. The summed E-state index contributed by atoms with van der Waals surface area (Å²) < 4.78 is 18.1. The van der Waals surface area contributed by atoms with E-state index in [4.69, 9.17) is 19.0 Å². The molecule has 0 unspecified atom stereocenters. The molecule has 0 N–H and O–H groups in total. The first-order valence-corrected chi connectivity index (χ1v) is 11.9. The molecule has 0 aliphatic heterocycles. The molecule has 2 aromatic rings. The molecule has 5 nitrogen and oxygen atoms in total. The Labute approximate surface area is 198 Å². The summed E-state index contributed by atoms with van der Waals surface area (Å²) >= 11 is 0. The van der Waals surface area contributed by atoms with Gasteiger partial charge in [-0.15, -0.1) is 0 Å². The summed E-state index contributed by atoms with van der Waals surface area (Å²) in [7, 11) is 1.54. The van der Waals surface area contributed by atoms with Crippen LogP contribution in [0.2, 0.25) is 0 Å². The highest BCUT2D eigenvalue weighted by molar-refractivity contribution is 5.79. The Morgan fingerprint density at radius 2 is 1.45 bits per heavy atom. The van der Waals surface area contributed by atoms with Gasteiger partial charge in [-0.25, -0.2) is 0 Å². The largest absolute Gasteiger partial charge is 0.493 e. The third-order valence-corrected chi connectivity index (χ3v) is 6.12.